The predicted molar refractivity (Wildman–Crippen MR) is 113 cm³/mol. The normalized spacial score (nSPS) is 10.8. The number of carbonyl (C=O) groups excluding carboxylic acids is 2. The van der Waals surface area contributed by atoms with Crippen LogP contribution < -0.4 is 10.6 Å². The lowest BCUT2D eigenvalue weighted by Gasteiger charge is -2.18. The van der Waals surface area contributed by atoms with Gasteiger partial charge in [-0.3, -0.25) is 14.5 Å². The maximum Gasteiger partial charge on any atom is 0.251 e. The molecule has 29 heavy (non-hydrogen) atoms. The van der Waals surface area contributed by atoms with Crippen LogP contribution in [0.3, 0.4) is 0 Å². The van der Waals surface area contributed by atoms with Crippen LogP contribution in [-0.2, 0) is 17.9 Å². The Hall–Kier alpha value is -2.73. The summed E-state index contributed by atoms with van der Waals surface area (Å²) in [6, 6.07) is 13.7. The van der Waals surface area contributed by atoms with E-state index in [1.807, 2.05) is 12.1 Å². The minimum Gasteiger partial charge on any atom is -0.352 e. The van der Waals surface area contributed by atoms with E-state index in [-0.39, 0.29) is 17.6 Å². The fourth-order valence-electron chi connectivity index (χ4n) is 2.91. The molecule has 0 aliphatic heterocycles. The largest absolute Gasteiger partial charge is 0.352 e. The van der Waals surface area contributed by atoms with Crippen molar-refractivity contribution in [3.05, 3.63) is 71.0 Å². The number of amides is 2. The number of halogens is 1. The van der Waals surface area contributed by atoms with E-state index < -0.39 is 0 Å². The van der Waals surface area contributed by atoms with Gasteiger partial charge in [0.2, 0.25) is 5.91 Å². The van der Waals surface area contributed by atoms with E-state index in [0.29, 0.717) is 31.5 Å². The van der Waals surface area contributed by atoms with E-state index in [9.17, 15) is 14.0 Å². The quantitative estimate of drug-likeness (QED) is 0.569. The van der Waals surface area contributed by atoms with Crippen LogP contribution in [0, 0.1) is 5.82 Å². The molecule has 6 heteroatoms. The molecule has 0 aliphatic carbocycles. The lowest BCUT2D eigenvalue weighted by molar-refractivity contribution is -0.121. The Balaban J connectivity index is 1.64. The summed E-state index contributed by atoms with van der Waals surface area (Å²) in [5.41, 5.74) is 2.73. The maximum atomic E-state index is 12.9. The van der Waals surface area contributed by atoms with Crippen molar-refractivity contribution >= 4 is 11.8 Å². The Kier molecular flexibility index (Phi) is 9.31. The molecule has 0 atom stereocenters. The molecule has 2 aromatic rings. The average molecular weight is 400 g/mol. The predicted octanol–water partition coefficient (Wildman–Crippen LogP) is 3.49. The van der Waals surface area contributed by atoms with Gasteiger partial charge < -0.3 is 10.6 Å². The zero-order chi connectivity index (χ0) is 21.1. The van der Waals surface area contributed by atoms with Crippen LogP contribution in [0.15, 0.2) is 48.5 Å². The SMILES string of the molecule is CCN(CC)Cc1ccc(CNC(=O)CCCNC(=O)c2ccc(F)cc2)cc1. The highest BCUT2D eigenvalue weighted by Gasteiger charge is 2.06. The van der Waals surface area contributed by atoms with Crippen molar-refractivity contribution in [2.75, 3.05) is 19.6 Å². The van der Waals surface area contributed by atoms with Crippen LogP contribution in [0.4, 0.5) is 4.39 Å². The van der Waals surface area contributed by atoms with Crippen molar-refractivity contribution in [3.8, 4) is 0 Å². The summed E-state index contributed by atoms with van der Waals surface area (Å²) in [6.07, 6.45) is 0.880. The van der Waals surface area contributed by atoms with Crippen molar-refractivity contribution < 1.29 is 14.0 Å². The van der Waals surface area contributed by atoms with Gasteiger partial charge in [-0.1, -0.05) is 38.1 Å². The highest BCUT2D eigenvalue weighted by Crippen LogP contribution is 2.08. The maximum absolute atomic E-state index is 12.9. The lowest BCUT2D eigenvalue weighted by Crippen LogP contribution is -2.27. The highest BCUT2D eigenvalue weighted by molar-refractivity contribution is 5.94. The minimum absolute atomic E-state index is 0.0479. The molecule has 156 valence electrons. The van der Waals surface area contributed by atoms with Gasteiger partial charge >= 0.3 is 0 Å². The smallest absolute Gasteiger partial charge is 0.251 e. The summed E-state index contributed by atoms with van der Waals surface area (Å²) in [7, 11) is 0. The van der Waals surface area contributed by atoms with Crippen LogP contribution in [0.5, 0.6) is 0 Å². The molecule has 0 aromatic heterocycles. The molecule has 0 radical (unpaired) electrons. The third-order valence-electron chi connectivity index (χ3n) is 4.79. The van der Waals surface area contributed by atoms with Crippen LogP contribution in [0.25, 0.3) is 0 Å². The van der Waals surface area contributed by atoms with E-state index in [2.05, 4.69) is 41.5 Å². The number of carbonyl (C=O) groups is 2. The molecule has 0 heterocycles. The van der Waals surface area contributed by atoms with Crippen molar-refractivity contribution in [2.45, 2.75) is 39.8 Å². The van der Waals surface area contributed by atoms with E-state index >= 15 is 0 Å². The van der Waals surface area contributed by atoms with Gasteiger partial charge in [0.15, 0.2) is 0 Å². The number of nitrogens with zero attached hydrogens (tertiary/aromatic N) is 1. The fourth-order valence-corrected chi connectivity index (χ4v) is 2.91. The van der Waals surface area contributed by atoms with Crippen LogP contribution >= 0.6 is 0 Å². The second-order valence-corrected chi connectivity index (χ2v) is 6.92. The zero-order valence-electron chi connectivity index (χ0n) is 17.2. The summed E-state index contributed by atoms with van der Waals surface area (Å²) in [5.74, 6) is -0.694. The van der Waals surface area contributed by atoms with Gasteiger partial charge in [-0.25, -0.2) is 4.39 Å². The Bertz CT molecular complexity index is 772. The van der Waals surface area contributed by atoms with E-state index in [1.54, 1.807) is 0 Å². The molecule has 2 aromatic carbocycles. The molecule has 5 nitrogen and oxygen atoms in total. The van der Waals surface area contributed by atoms with Gasteiger partial charge in [-0.15, -0.1) is 0 Å². The molecule has 2 amide bonds. The first-order valence-corrected chi connectivity index (χ1v) is 10.1. The van der Waals surface area contributed by atoms with Gasteiger partial charge in [0.1, 0.15) is 5.82 Å². The summed E-state index contributed by atoms with van der Waals surface area (Å²) in [6.45, 7) is 8.18. The van der Waals surface area contributed by atoms with Crippen molar-refractivity contribution in [1.82, 2.24) is 15.5 Å². The molecule has 2 N–H and O–H groups in total. The molecule has 2 rings (SSSR count). The standard InChI is InChI=1S/C23H30FN3O2/c1-3-27(4-2)17-19-9-7-18(8-10-19)16-26-22(28)6-5-15-25-23(29)20-11-13-21(24)14-12-20/h7-14H,3-6,15-17H2,1-2H3,(H,25,29)(H,26,28). The second kappa shape index (κ2) is 12.0. The van der Waals surface area contributed by atoms with E-state index in [0.717, 1.165) is 25.2 Å². The van der Waals surface area contributed by atoms with Crippen LogP contribution in [0.1, 0.15) is 48.2 Å². The van der Waals surface area contributed by atoms with E-state index in [1.165, 1.54) is 29.8 Å². The molecular formula is C23H30FN3O2. The van der Waals surface area contributed by atoms with Gasteiger partial charge in [0, 0.05) is 31.6 Å². The van der Waals surface area contributed by atoms with E-state index in [4.69, 9.17) is 0 Å². The summed E-state index contributed by atoms with van der Waals surface area (Å²) in [5, 5.41) is 5.64. The number of benzene rings is 2. The molecule has 0 saturated heterocycles. The topological polar surface area (TPSA) is 61.4 Å². The van der Waals surface area contributed by atoms with Crippen LogP contribution in [0.2, 0.25) is 0 Å². The average Bonchev–Trinajstić information content (AvgIpc) is 2.74. The zero-order valence-corrected chi connectivity index (χ0v) is 17.2. The van der Waals surface area contributed by atoms with Crippen molar-refractivity contribution in [1.29, 1.82) is 0 Å². The number of hydrogen-bond donors (Lipinski definition) is 2. The van der Waals surface area contributed by atoms with Gasteiger partial charge in [-0.05, 0) is 54.9 Å². The number of hydrogen-bond acceptors (Lipinski definition) is 3. The first-order valence-electron chi connectivity index (χ1n) is 10.1. The number of rotatable bonds is 11. The number of nitrogens with one attached hydrogen (secondary N) is 2. The molecule has 0 unspecified atom stereocenters. The first-order chi connectivity index (χ1) is 14.0. The third kappa shape index (κ3) is 8.03. The molecule has 0 spiro atoms. The van der Waals surface area contributed by atoms with Gasteiger partial charge in [-0.2, -0.15) is 0 Å². The first kappa shape index (κ1) is 22.6. The summed E-state index contributed by atoms with van der Waals surface area (Å²) < 4.78 is 12.9. The second-order valence-electron chi connectivity index (χ2n) is 6.92. The third-order valence-corrected chi connectivity index (χ3v) is 4.79. The van der Waals surface area contributed by atoms with Gasteiger partial charge in [0.25, 0.3) is 5.91 Å². The minimum atomic E-state index is -0.378. The molecule has 0 fully saturated rings. The van der Waals surface area contributed by atoms with Gasteiger partial charge in [0.05, 0.1) is 0 Å². The Morgan fingerprint density at radius 2 is 1.52 bits per heavy atom. The lowest BCUT2D eigenvalue weighted by atomic mass is 10.1. The molecule has 0 bridgehead atoms. The summed E-state index contributed by atoms with van der Waals surface area (Å²) >= 11 is 0. The molecular weight excluding hydrogens is 369 g/mol. The summed E-state index contributed by atoms with van der Waals surface area (Å²) in [4.78, 5) is 26.2. The Morgan fingerprint density at radius 3 is 2.14 bits per heavy atom. The van der Waals surface area contributed by atoms with Crippen LogP contribution in [-0.4, -0.2) is 36.3 Å². The Labute approximate surface area is 172 Å². The van der Waals surface area contributed by atoms with Crippen molar-refractivity contribution in [3.63, 3.8) is 0 Å². The molecule has 0 saturated carbocycles. The fraction of sp³-hybridized carbons (Fsp3) is 0.391. The monoisotopic (exact) mass is 399 g/mol. The Morgan fingerprint density at radius 1 is 0.897 bits per heavy atom. The highest BCUT2D eigenvalue weighted by atomic mass is 19.1. The van der Waals surface area contributed by atoms with Crippen molar-refractivity contribution in [2.24, 2.45) is 0 Å². The molecule has 0 aliphatic rings.